The summed E-state index contributed by atoms with van der Waals surface area (Å²) in [4.78, 5) is 0. The van der Waals surface area contributed by atoms with Crippen molar-refractivity contribution in [3.63, 3.8) is 0 Å². The smallest absolute Gasteiger partial charge is 0.200 e. The van der Waals surface area contributed by atoms with E-state index in [-0.39, 0.29) is 23.9 Å². The average Bonchev–Trinajstić information content (AvgIpc) is 2.87. The van der Waals surface area contributed by atoms with E-state index in [0.29, 0.717) is 30.6 Å². The standard InChI is InChI=1S/C28H40F2O3/c1-3-19-5-7-20(8-6-19)22-11-14-24(32-17-22)18-33-23-12-9-21(10-13-23)25-15-16-26(31-4-2)28(30)27(25)29/h3,15-16,19-24H,1,4-14,17-18H2,2H3. The van der Waals surface area contributed by atoms with Gasteiger partial charge in [0.1, 0.15) is 0 Å². The lowest BCUT2D eigenvalue weighted by Gasteiger charge is -2.38. The second-order valence-electron chi connectivity index (χ2n) is 10.2. The largest absolute Gasteiger partial charge is 0.491 e. The van der Waals surface area contributed by atoms with Crippen molar-refractivity contribution in [2.75, 3.05) is 19.8 Å². The molecule has 2 unspecified atom stereocenters. The summed E-state index contributed by atoms with van der Waals surface area (Å²) in [7, 11) is 0. The number of rotatable bonds is 8. The zero-order valence-corrected chi connectivity index (χ0v) is 20.1. The summed E-state index contributed by atoms with van der Waals surface area (Å²) >= 11 is 0. The molecule has 3 fully saturated rings. The van der Waals surface area contributed by atoms with Crippen molar-refractivity contribution in [1.29, 1.82) is 0 Å². The summed E-state index contributed by atoms with van der Waals surface area (Å²) in [6.45, 7) is 7.55. The van der Waals surface area contributed by atoms with E-state index >= 15 is 0 Å². The second-order valence-corrected chi connectivity index (χ2v) is 10.2. The third kappa shape index (κ3) is 6.16. The van der Waals surface area contributed by atoms with Crippen molar-refractivity contribution in [3.8, 4) is 5.75 Å². The molecule has 4 rings (SSSR count). The van der Waals surface area contributed by atoms with Gasteiger partial charge in [-0.3, -0.25) is 0 Å². The molecular weight excluding hydrogens is 422 g/mol. The number of allylic oxidation sites excluding steroid dienone is 1. The van der Waals surface area contributed by atoms with Gasteiger partial charge in [-0.1, -0.05) is 12.1 Å². The molecule has 0 aromatic heterocycles. The van der Waals surface area contributed by atoms with Gasteiger partial charge in [-0.15, -0.1) is 6.58 Å². The van der Waals surface area contributed by atoms with Gasteiger partial charge in [-0.25, -0.2) is 4.39 Å². The van der Waals surface area contributed by atoms with Crippen LogP contribution in [0.25, 0.3) is 0 Å². The maximum atomic E-state index is 14.6. The van der Waals surface area contributed by atoms with E-state index in [4.69, 9.17) is 14.2 Å². The van der Waals surface area contributed by atoms with E-state index in [1.165, 1.54) is 32.1 Å². The molecule has 0 radical (unpaired) electrons. The predicted octanol–water partition coefficient (Wildman–Crippen LogP) is 7.19. The molecule has 3 nitrogen and oxygen atoms in total. The van der Waals surface area contributed by atoms with Crippen LogP contribution >= 0.6 is 0 Å². The first-order chi connectivity index (χ1) is 16.1. The zero-order chi connectivity index (χ0) is 23.2. The van der Waals surface area contributed by atoms with Crippen LogP contribution in [-0.4, -0.2) is 32.0 Å². The highest BCUT2D eigenvalue weighted by Gasteiger charge is 2.32. The minimum atomic E-state index is -0.866. The molecule has 1 heterocycles. The van der Waals surface area contributed by atoms with Crippen LogP contribution in [0.1, 0.15) is 82.6 Å². The van der Waals surface area contributed by atoms with Gasteiger partial charge in [0.2, 0.25) is 5.82 Å². The fourth-order valence-electron chi connectivity index (χ4n) is 6.09. The molecule has 0 spiro atoms. The SMILES string of the molecule is C=CC1CCC(C2CCC(COC3CCC(c4ccc(OCC)c(F)c4F)CC3)OC2)CC1. The number of halogens is 2. The third-order valence-corrected chi connectivity index (χ3v) is 8.23. The Balaban J connectivity index is 1.17. The minimum absolute atomic E-state index is 0.00469. The molecule has 1 saturated heterocycles. The van der Waals surface area contributed by atoms with Gasteiger partial charge in [0.05, 0.1) is 32.0 Å². The Morgan fingerprint density at radius 3 is 2.30 bits per heavy atom. The van der Waals surface area contributed by atoms with Crippen molar-refractivity contribution in [1.82, 2.24) is 0 Å². The number of ether oxygens (including phenoxy) is 3. The molecule has 3 aliphatic rings. The number of benzene rings is 1. The molecule has 5 heteroatoms. The van der Waals surface area contributed by atoms with Gasteiger partial charge >= 0.3 is 0 Å². The van der Waals surface area contributed by atoms with Crippen LogP contribution in [0.5, 0.6) is 5.75 Å². The second kappa shape index (κ2) is 11.8. The quantitative estimate of drug-likeness (QED) is 0.383. The summed E-state index contributed by atoms with van der Waals surface area (Å²) in [6, 6.07) is 3.24. The van der Waals surface area contributed by atoms with E-state index in [1.54, 1.807) is 19.1 Å². The third-order valence-electron chi connectivity index (χ3n) is 8.23. The first-order valence-electron chi connectivity index (χ1n) is 13.0. The molecule has 0 bridgehead atoms. The van der Waals surface area contributed by atoms with E-state index in [0.717, 1.165) is 44.6 Å². The Hall–Kier alpha value is -1.46. The average molecular weight is 463 g/mol. The Bertz CT molecular complexity index is 759. The zero-order valence-electron chi connectivity index (χ0n) is 20.1. The summed E-state index contributed by atoms with van der Waals surface area (Å²) in [6.07, 6.45) is 13.4. The van der Waals surface area contributed by atoms with E-state index < -0.39 is 11.6 Å². The van der Waals surface area contributed by atoms with Gasteiger partial charge in [-0.05, 0) is 106 Å². The lowest BCUT2D eigenvalue weighted by molar-refractivity contribution is -0.0943. The van der Waals surface area contributed by atoms with Crippen molar-refractivity contribution in [3.05, 3.63) is 42.0 Å². The van der Waals surface area contributed by atoms with Gasteiger partial charge in [-0.2, -0.15) is 4.39 Å². The minimum Gasteiger partial charge on any atom is -0.491 e. The van der Waals surface area contributed by atoms with Crippen LogP contribution in [0.3, 0.4) is 0 Å². The van der Waals surface area contributed by atoms with Crippen molar-refractivity contribution >= 4 is 0 Å². The lowest BCUT2D eigenvalue weighted by Crippen LogP contribution is -2.35. The van der Waals surface area contributed by atoms with Crippen LogP contribution in [0, 0.1) is 29.4 Å². The maximum absolute atomic E-state index is 14.6. The molecule has 2 atom stereocenters. The summed E-state index contributed by atoms with van der Waals surface area (Å²) in [5.74, 6) is 0.639. The molecule has 1 aromatic rings. The first-order valence-corrected chi connectivity index (χ1v) is 13.0. The Morgan fingerprint density at radius 1 is 0.939 bits per heavy atom. The normalized spacial score (nSPS) is 32.9. The number of hydrogen-bond acceptors (Lipinski definition) is 3. The van der Waals surface area contributed by atoms with E-state index in [9.17, 15) is 8.78 Å². The van der Waals surface area contributed by atoms with Gasteiger partial charge < -0.3 is 14.2 Å². The molecule has 0 amide bonds. The van der Waals surface area contributed by atoms with Crippen LogP contribution in [-0.2, 0) is 9.47 Å². The molecule has 33 heavy (non-hydrogen) atoms. The van der Waals surface area contributed by atoms with Crippen molar-refractivity contribution < 1.29 is 23.0 Å². The summed E-state index contributed by atoms with van der Waals surface area (Å²) < 4.78 is 46.4. The van der Waals surface area contributed by atoms with Crippen LogP contribution in [0.4, 0.5) is 8.78 Å². The maximum Gasteiger partial charge on any atom is 0.200 e. The Labute approximate surface area is 197 Å². The van der Waals surface area contributed by atoms with E-state index in [2.05, 4.69) is 12.7 Å². The van der Waals surface area contributed by atoms with Gasteiger partial charge in [0, 0.05) is 0 Å². The van der Waals surface area contributed by atoms with Crippen LogP contribution in [0.2, 0.25) is 0 Å². The Kier molecular flexibility index (Phi) is 8.81. The van der Waals surface area contributed by atoms with Gasteiger partial charge in [0.15, 0.2) is 11.6 Å². The Morgan fingerprint density at radius 2 is 1.67 bits per heavy atom. The lowest BCUT2D eigenvalue weighted by atomic mass is 9.74. The van der Waals surface area contributed by atoms with Crippen molar-refractivity contribution in [2.45, 2.75) is 89.3 Å². The highest BCUT2D eigenvalue weighted by Crippen LogP contribution is 2.39. The highest BCUT2D eigenvalue weighted by atomic mass is 19.2. The molecule has 2 aliphatic carbocycles. The molecule has 184 valence electrons. The van der Waals surface area contributed by atoms with Crippen molar-refractivity contribution in [2.24, 2.45) is 17.8 Å². The van der Waals surface area contributed by atoms with E-state index in [1.807, 2.05) is 0 Å². The molecule has 1 aliphatic heterocycles. The molecule has 0 N–H and O–H groups in total. The van der Waals surface area contributed by atoms with Crippen LogP contribution < -0.4 is 4.74 Å². The number of hydrogen-bond donors (Lipinski definition) is 0. The molecule has 2 saturated carbocycles. The topological polar surface area (TPSA) is 27.7 Å². The summed E-state index contributed by atoms with van der Waals surface area (Å²) in [5.41, 5.74) is 0.471. The fraction of sp³-hybridized carbons (Fsp3) is 0.714. The molecular formula is C28H40F2O3. The fourth-order valence-corrected chi connectivity index (χ4v) is 6.09. The summed E-state index contributed by atoms with van der Waals surface area (Å²) in [5, 5.41) is 0. The molecule has 1 aromatic carbocycles. The highest BCUT2D eigenvalue weighted by molar-refractivity contribution is 5.33. The van der Waals surface area contributed by atoms with Crippen LogP contribution in [0.15, 0.2) is 24.8 Å². The monoisotopic (exact) mass is 462 g/mol. The first kappa shape index (κ1) is 24.7. The predicted molar refractivity (Wildman–Crippen MR) is 127 cm³/mol. The van der Waals surface area contributed by atoms with Gasteiger partial charge in [0.25, 0.3) is 0 Å².